The number of rotatable bonds is 28. The average Bonchev–Trinajstić information content (AvgIpc) is 3.08. The van der Waals surface area contributed by atoms with Gasteiger partial charge in [-0.05, 0) is 89.9 Å². The molecule has 0 spiro atoms. The lowest BCUT2D eigenvalue weighted by atomic mass is 9.83. The van der Waals surface area contributed by atoms with Gasteiger partial charge < -0.3 is 25.4 Å². The smallest absolute Gasteiger partial charge is 0.198 e. The first-order valence-electron chi connectivity index (χ1n) is 18.4. The van der Waals surface area contributed by atoms with Gasteiger partial charge in [0, 0.05) is 11.1 Å². The summed E-state index contributed by atoms with van der Waals surface area (Å²) in [5.41, 5.74) is 1.56. The Balaban J connectivity index is 1.41. The molecule has 0 fully saturated rings. The molecule has 0 unspecified atom stereocenters. The highest BCUT2D eigenvalue weighted by Gasteiger charge is 2.35. The number of unbranched alkanes of at least 4 members (excludes halogenated alkanes) is 10. The second-order valence-corrected chi connectivity index (χ2v) is 12.6. The number of ether oxygens (including phenoxy) is 2. The molecular formula is C39H61N3O4. The SMILES string of the molecule is CCCCCCCCCCCCOc1ccc(OCCCCNCCCNCCCNCCC)c2c1C(=O)c1ccccc1C2=O. The Bertz CT molecular complexity index is 1150. The van der Waals surface area contributed by atoms with E-state index in [1.54, 1.807) is 36.4 Å². The maximum atomic E-state index is 13.6. The fourth-order valence-electron chi connectivity index (χ4n) is 5.94. The van der Waals surface area contributed by atoms with Crippen molar-refractivity contribution < 1.29 is 19.1 Å². The van der Waals surface area contributed by atoms with Crippen LogP contribution in [-0.4, -0.2) is 64.0 Å². The molecule has 1 aliphatic rings. The van der Waals surface area contributed by atoms with Gasteiger partial charge in [0.2, 0.25) is 0 Å². The molecule has 46 heavy (non-hydrogen) atoms. The van der Waals surface area contributed by atoms with Crippen LogP contribution >= 0.6 is 0 Å². The number of carbonyl (C=O) groups is 2. The molecule has 0 saturated carbocycles. The van der Waals surface area contributed by atoms with Crippen LogP contribution in [0.3, 0.4) is 0 Å². The molecule has 2 aromatic rings. The number of benzene rings is 2. The van der Waals surface area contributed by atoms with Crippen molar-refractivity contribution in [3.63, 3.8) is 0 Å². The number of carbonyl (C=O) groups excluding carboxylic acids is 2. The first-order chi connectivity index (χ1) is 22.7. The number of nitrogens with one attached hydrogen (secondary N) is 3. The van der Waals surface area contributed by atoms with Crippen molar-refractivity contribution >= 4 is 11.6 Å². The van der Waals surface area contributed by atoms with E-state index in [9.17, 15) is 9.59 Å². The largest absolute Gasteiger partial charge is 0.493 e. The van der Waals surface area contributed by atoms with E-state index in [-0.39, 0.29) is 11.6 Å². The molecular weight excluding hydrogens is 574 g/mol. The molecule has 0 saturated heterocycles. The van der Waals surface area contributed by atoms with Crippen LogP contribution in [0.5, 0.6) is 11.5 Å². The van der Waals surface area contributed by atoms with E-state index < -0.39 is 0 Å². The molecule has 2 aromatic carbocycles. The van der Waals surface area contributed by atoms with Crippen LogP contribution in [0.4, 0.5) is 0 Å². The zero-order chi connectivity index (χ0) is 32.7. The molecule has 7 heteroatoms. The second-order valence-electron chi connectivity index (χ2n) is 12.6. The highest BCUT2D eigenvalue weighted by Crippen LogP contribution is 2.38. The lowest BCUT2D eigenvalue weighted by Gasteiger charge is -2.23. The molecule has 3 N–H and O–H groups in total. The summed E-state index contributed by atoms with van der Waals surface area (Å²) in [5.74, 6) is 0.619. The fraction of sp³-hybridized carbons (Fsp3) is 0.641. The van der Waals surface area contributed by atoms with Crippen LogP contribution in [0.25, 0.3) is 0 Å². The Kier molecular flexibility index (Phi) is 19.3. The minimum absolute atomic E-state index is 0.166. The summed E-state index contributed by atoms with van der Waals surface area (Å²) >= 11 is 0. The van der Waals surface area contributed by atoms with Crippen LogP contribution < -0.4 is 25.4 Å². The van der Waals surface area contributed by atoms with Crippen molar-refractivity contribution in [2.24, 2.45) is 0 Å². The average molecular weight is 636 g/mol. The summed E-state index contributed by atoms with van der Waals surface area (Å²) in [5, 5.41) is 10.4. The fourth-order valence-corrected chi connectivity index (χ4v) is 5.94. The molecule has 0 aliphatic heterocycles. The molecule has 0 bridgehead atoms. The van der Waals surface area contributed by atoms with Crippen LogP contribution in [-0.2, 0) is 0 Å². The predicted molar refractivity (Wildman–Crippen MR) is 190 cm³/mol. The lowest BCUT2D eigenvalue weighted by Crippen LogP contribution is -2.26. The van der Waals surface area contributed by atoms with E-state index in [0.717, 1.165) is 77.8 Å². The summed E-state index contributed by atoms with van der Waals surface area (Å²) in [4.78, 5) is 27.3. The Labute approximate surface area is 279 Å². The van der Waals surface area contributed by atoms with E-state index in [0.29, 0.717) is 47.0 Å². The zero-order valence-electron chi connectivity index (χ0n) is 28.9. The van der Waals surface area contributed by atoms with E-state index in [4.69, 9.17) is 9.47 Å². The first kappa shape index (κ1) is 37.7. The van der Waals surface area contributed by atoms with E-state index in [2.05, 4.69) is 29.8 Å². The van der Waals surface area contributed by atoms with Crippen molar-refractivity contribution in [1.82, 2.24) is 16.0 Å². The summed E-state index contributed by atoms with van der Waals surface area (Å²) < 4.78 is 12.3. The van der Waals surface area contributed by atoms with Crippen molar-refractivity contribution in [2.75, 3.05) is 52.5 Å². The number of fused-ring (bicyclic) bond motifs is 2. The Morgan fingerprint density at radius 3 is 1.35 bits per heavy atom. The zero-order valence-corrected chi connectivity index (χ0v) is 28.9. The van der Waals surface area contributed by atoms with Crippen LogP contribution in [0.1, 0.15) is 142 Å². The maximum Gasteiger partial charge on any atom is 0.198 e. The van der Waals surface area contributed by atoms with E-state index >= 15 is 0 Å². The maximum absolute atomic E-state index is 13.6. The topological polar surface area (TPSA) is 88.7 Å². The van der Waals surface area contributed by atoms with Gasteiger partial charge in [-0.2, -0.15) is 0 Å². The molecule has 0 atom stereocenters. The minimum Gasteiger partial charge on any atom is -0.493 e. The van der Waals surface area contributed by atoms with E-state index in [1.165, 1.54) is 57.8 Å². The quantitative estimate of drug-likeness (QED) is 0.0700. The normalized spacial score (nSPS) is 12.3. The predicted octanol–water partition coefficient (Wildman–Crippen LogP) is 7.88. The molecule has 256 valence electrons. The van der Waals surface area contributed by atoms with Gasteiger partial charge in [-0.15, -0.1) is 0 Å². The van der Waals surface area contributed by atoms with Gasteiger partial charge in [0.1, 0.15) is 11.5 Å². The molecule has 3 rings (SSSR count). The third kappa shape index (κ3) is 13.2. The van der Waals surface area contributed by atoms with Crippen LogP contribution in [0.2, 0.25) is 0 Å². The van der Waals surface area contributed by atoms with Gasteiger partial charge in [-0.3, -0.25) is 9.59 Å². The molecule has 0 heterocycles. The van der Waals surface area contributed by atoms with Crippen molar-refractivity contribution in [3.05, 3.63) is 58.7 Å². The summed E-state index contributed by atoms with van der Waals surface area (Å²) in [6, 6.07) is 10.7. The van der Waals surface area contributed by atoms with Gasteiger partial charge in [-0.1, -0.05) is 95.9 Å². The number of ketones is 2. The third-order valence-corrected chi connectivity index (χ3v) is 8.60. The number of hydrogen-bond acceptors (Lipinski definition) is 7. The second kappa shape index (κ2) is 23.6. The molecule has 1 aliphatic carbocycles. The van der Waals surface area contributed by atoms with Gasteiger partial charge in [0.25, 0.3) is 0 Å². The van der Waals surface area contributed by atoms with Crippen LogP contribution in [0, 0.1) is 0 Å². The first-order valence-corrected chi connectivity index (χ1v) is 18.4. The van der Waals surface area contributed by atoms with Crippen molar-refractivity contribution in [1.29, 1.82) is 0 Å². The highest BCUT2D eigenvalue weighted by atomic mass is 16.5. The van der Waals surface area contributed by atoms with E-state index in [1.807, 2.05) is 0 Å². The third-order valence-electron chi connectivity index (χ3n) is 8.60. The Hall–Kier alpha value is -2.74. The van der Waals surface area contributed by atoms with Crippen molar-refractivity contribution in [3.8, 4) is 11.5 Å². The van der Waals surface area contributed by atoms with Crippen molar-refractivity contribution in [2.45, 2.75) is 110 Å². The Morgan fingerprint density at radius 2 is 0.870 bits per heavy atom. The summed E-state index contributed by atoms with van der Waals surface area (Å²) in [7, 11) is 0. The summed E-state index contributed by atoms with van der Waals surface area (Å²) in [6.45, 7) is 11.7. The Morgan fingerprint density at radius 1 is 0.457 bits per heavy atom. The lowest BCUT2D eigenvalue weighted by molar-refractivity contribution is 0.0971. The standard InChI is InChI=1S/C39H61N3O4/c1-3-5-6-7-8-9-10-11-12-16-30-45-34-22-23-35(37-36(34)38(43)32-20-13-14-21-33(32)39(37)44)46-31-17-15-25-41-27-19-29-42-28-18-26-40-24-4-2/h13-14,20-23,40-42H,3-12,15-19,24-31H2,1-2H3. The van der Waals surface area contributed by atoms with Gasteiger partial charge in [-0.25, -0.2) is 0 Å². The monoisotopic (exact) mass is 635 g/mol. The van der Waals surface area contributed by atoms with Gasteiger partial charge in [0.15, 0.2) is 11.6 Å². The minimum atomic E-state index is -0.169. The van der Waals surface area contributed by atoms with Gasteiger partial charge >= 0.3 is 0 Å². The molecule has 0 amide bonds. The number of hydrogen-bond donors (Lipinski definition) is 3. The molecule has 0 aromatic heterocycles. The molecule has 0 radical (unpaired) electrons. The molecule has 7 nitrogen and oxygen atoms in total. The highest BCUT2D eigenvalue weighted by molar-refractivity contribution is 6.30. The summed E-state index contributed by atoms with van der Waals surface area (Å²) in [6.07, 6.45) is 17.8. The van der Waals surface area contributed by atoms with Gasteiger partial charge in [0.05, 0.1) is 24.3 Å². The van der Waals surface area contributed by atoms with Crippen LogP contribution in [0.15, 0.2) is 36.4 Å².